The molecule has 0 heterocycles. The summed E-state index contributed by atoms with van der Waals surface area (Å²) in [4.78, 5) is 21.6. The summed E-state index contributed by atoms with van der Waals surface area (Å²) in [5.74, 6) is 0. The lowest BCUT2D eigenvalue weighted by Crippen LogP contribution is -1.69. The van der Waals surface area contributed by atoms with Gasteiger partial charge in [0.1, 0.15) is 0 Å². The van der Waals surface area contributed by atoms with Gasteiger partial charge < -0.3 is 20.4 Å². The first-order chi connectivity index (χ1) is 3.00. The molecule has 0 amide bonds. The third kappa shape index (κ3) is 8880. The average Bonchev–Trinajstić information content (AvgIpc) is 1.36. The second-order valence-corrected chi connectivity index (χ2v) is 1.54. The van der Waals surface area contributed by atoms with E-state index >= 15 is 0 Å². The molecular formula is CH8BNO4P. The van der Waals surface area contributed by atoms with E-state index in [2.05, 4.69) is 5.73 Å². The van der Waals surface area contributed by atoms with Crippen molar-refractivity contribution in [2.75, 3.05) is 7.05 Å². The first-order valence-corrected chi connectivity index (χ1v) is 2.93. The van der Waals surface area contributed by atoms with Gasteiger partial charge in [-0.2, -0.15) is 0 Å². The molecule has 5 nitrogen and oxygen atoms in total. The quantitative estimate of drug-likeness (QED) is 0.236. The zero-order valence-electron chi connectivity index (χ0n) is 4.35. The standard InChI is InChI=1S/CH5N.B.H3O4P/c1-2;;1-5(2,3)4/h2H2,1H3;;(H3,1,2,3,4). The Labute approximate surface area is 49.3 Å². The van der Waals surface area contributed by atoms with Crippen LogP contribution in [0.1, 0.15) is 0 Å². The molecule has 5 N–H and O–H groups in total. The maximum Gasteiger partial charge on any atom is 0.466 e. The van der Waals surface area contributed by atoms with E-state index in [1.807, 2.05) is 0 Å². The molecule has 0 aromatic heterocycles. The van der Waals surface area contributed by atoms with Crippen LogP contribution in [0.4, 0.5) is 0 Å². The second-order valence-electron chi connectivity index (χ2n) is 0.513. The Kier molecular flexibility index (Phi) is 14.0. The number of hydrogen-bond donors (Lipinski definition) is 4. The molecule has 0 aliphatic carbocycles. The number of phosphoric acid groups is 1. The summed E-state index contributed by atoms with van der Waals surface area (Å²) in [6.07, 6.45) is 0. The van der Waals surface area contributed by atoms with Gasteiger partial charge in [0.05, 0.1) is 0 Å². The van der Waals surface area contributed by atoms with Crippen LogP contribution < -0.4 is 5.73 Å². The van der Waals surface area contributed by atoms with E-state index in [0.29, 0.717) is 0 Å². The highest BCUT2D eigenvalue weighted by Gasteiger charge is 2.00. The zero-order chi connectivity index (χ0) is 6.50. The molecular weight excluding hydrogens is 132 g/mol. The summed E-state index contributed by atoms with van der Waals surface area (Å²) in [6.45, 7) is 0. The Bertz CT molecular complexity index is 62.2. The highest BCUT2D eigenvalue weighted by molar-refractivity contribution is 7.45. The van der Waals surface area contributed by atoms with E-state index in [0.717, 1.165) is 0 Å². The van der Waals surface area contributed by atoms with E-state index in [4.69, 9.17) is 19.2 Å². The average molecular weight is 140 g/mol. The predicted octanol–water partition coefficient (Wildman–Crippen LogP) is -1.73. The van der Waals surface area contributed by atoms with Gasteiger partial charge in [-0.15, -0.1) is 0 Å². The van der Waals surface area contributed by atoms with Gasteiger partial charge in [-0.1, -0.05) is 0 Å². The Hall–Kier alpha value is 0.135. The third-order valence-electron chi connectivity index (χ3n) is 0. The fraction of sp³-hybridized carbons (Fsp3) is 1.00. The smallest absolute Gasteiger partial charge is 0.333 e. The monoisotopic (exact) mass is 140 g/mol. The van der Waals surface area contributed by atoms with Crippen molar-refractivity contribution < 1.29 is 19.2 Å². The van der Waals surface area contributed by atoms with E-state index in [1.165, 1.54) is 7.05 Å². The normalized spacial score (nSPS) is 8.12. The molecule has 49 valence electrons. The molecule has 8 heavy (non-hydrogen) atoms. The molecule has 0 aromatic rings. The molecule has 0 unspecified atom stereocenters. The molecule has 0 atom stereocenters. The van der Waals surface area contributed by atoms with Crippen molar-refractivity contribution in [1.82, 2.24) is 0 Å². The van der Waals surface area contributed by atoms with Gasteiger partial charge in [-0.3, -0.25) is 0 Å². The number of rotatable bonds is 0. The van der Waals surface area contributed by atoms with Gasteiger partial charge in [0.25, 0.3) is 0 Å². The van der Waals surface area contributed by atoms with Gasteiger partial charge in [0.15, 0.2) is 0 Å². The van der Waals surface area contributed by atoms with Crippen LogP contribution in [0.15, 0.2) is 0 Å². The van der Waals surface area contributed by atoms with E-state index in [1.54, 1.807) is 0 Å². The molecule has 0 fully saturated rings. The third-order valence-corrected chi connectivity index (χ3v) is 0. The van der Waals surface area contributed by atoms with Crippen molar-refractivity contribution in [3.63, 3.8) is 0 Å². The van der Waals surface area contributed by atoms with Crippen LogP contribution in [0.3, 0.4) is 0 Å². The topological polar surface area (TPSA) is 104 Å². The van der Waals surface area contributed by atoms with E-state index in [9.17, 15) is 0 Å². The zero-order valence-corrected chi connectivity index (χ0v) is 5.25. The van der Waals surface area contributed by atoms with E-state index in [-0.39, 0.29) is 8.41 Å². The van der Waals surface area contributed by atoms with Crippen molar-refractivity contribution in [2.45, 2.75) is 0 Å². The van der Waals surface area contributed by atoms with Gasteiger partial charge in [-0.05, 0) is 7.05 Å². The van der Waals surface area contributed by atoms with Crippen LogP contribution in [0, 0.1) is 0 Å². The van der Waals surface area contributed by atoms with Crippen molar-refractivity contribution in [1.29, 1.82) is 0 Å². The molecule has 0 aliphatic rings. The summed E-state index contributed by atoms with van der Waals surface area (Å²) in [5.41, 5.74) is 4.50. The van der Waals surface area contributed by atoms with E-state index < -0.39 is 7.82 Å². The molecule has 0 rings (SSSR count). The SMILES string of the molecule is CN.O=P(O)(O)O.[B]. The van der Waals surface area contributed by atoms with Crippen LogP contribution in [-0.2, 0) is 4.57 Å². The van der Waals surface area contributed by atoms with Gasteiger partial charge in [0, 0.05) is 8.41 Å². The summed E-state index contributed by atoms with van der Waals surface area (Å²) >= 11 is 0. The molecule has 0 aromatic carbocycles. The molecule has 0 saturated heterocycles. The lowest BCUT2D eigenvalue weighted by Gasteiger charge is -1.82. The van der Waals surface area contributed by atoms with Crippen molar-refractivity contribution in [3.8, 4) is 0 Å². The Morgan fingerprint density at radius 2 is 1.25 bits per heavy atom. The van der Waals surface area contributed by atoms with Crippen LogP contribution in [0.2, 0.25) is 0 Å². The summed E-state index contributed by atoms with van der Waals surface area (Å²) in [6, 6.07) is 0. The highest BCUT2D eigenvalue weighted by atomic mass is 31.2. The lowest BCUT2D eigenvalue weighted by molar-refractivity contribution is 0.275. The summed E-state index contributed by atoms with van der Waals surface area (Å²) in [7, 11) is -3.14. The Balaban J connectivity index is -0.0000000750. The Morgan fingerprint density at radius 1 is 1.25 bits per heavy atom. The first-order valence-electron chi connectivity index (χ1n) is 1.36. The molecule has 0 bridgehead atoms. The van der Waals surface area contributed by atoms with Crippen LogP contribution in [-0.4, -0.2) is 30.1 Å². The molecule has 0 spiro atoms. The largest absolute Gasteiger partial charge is 0.466 e. The number of hydrogen-bond acceptors (Lipinski definition) is 2. The molecule has 7 heteroatoms. The summed E-state index contributed by atoms with van der Waals surface area (Å²) < 4.78 is 8.88. The fourth-order valence-corrected chi connectivity index (χ4v) is 0. The maximum atomic E-state index is 8.88. The van der Waals surface area contributed by atoms with Gasteiger partial charge >= 0.3 is 7.82 Å². The lowest BCUT2D eigenvalue weighted by atomic mass is 10.8. The minimum Gasteiger partial charge on any atom is -0.333 e. The predicted molar refractivity (Wildman–Crippen MR) is 30.1 cm³/mol. The van der Waals surface area contributed by atoms with Gasteiger partial charge in [0.2, 0.25) is 0 Å². The Morgan fingerprint density at radius 3 is 1.25 bits per heavy atom. The van der Waals surface area contributed by atoms with Crippen molar-refractivity contribution in [2.24, 2.45) is 5.73 Å². The second kappa shape index (κ2) is 7.13. The van der Waals surface area contributed by atoms with Crippen LogP contribution in [0.25, 0.3) is 0 Å². The van der Waals surface area contributed by atoms with Crippen molar-refractivity contribution in [3.05, 3.63) is 0 Å². The summed E-state index contributed by atoms with van der Waals surface area (Å²) in [5, 5.41) is 0. The first kappa shape index (κ1) is 15.7. The fourth-order valence-electron chi connectivity index (χ4n) is 0. The van der Waals surface area contributed by atoms with Crippen LogP contribution in [0.5, 0.6) is 0 Å². The number of nitrogens with two attached hydrogens (primary N) is 1. The highest BCUT2D eigenvalue weighted by Crippen LogP contribution is 2.25. The molecule has 3 radical (unpaired) electrons. The van der Waals surface area contributed by atoms with Crippen molar-refractivity contribution >= 4 is 16.2 Å². The maximum absolute atomic E-state index is 8.88. The minimum absolute atomic E-state index is 0. The van der Waals surface area contributed by atoms with Gasteiger partial charge in [-0.25, -0.2) is 4.57 Å². The van der Waals surface area contributed by atoms with Crippen LogP contribution >= 0.6 is 7.82 Å². The molecule has 0 saturated carbocycles. The molecule has 0 aliphatic heterocycles. The minimum atomic E-state index is -4.64.